The maximum atomic E-state index is 13.5. The number of anilines is 1. The van der Waals surface area contributed by atoms with E-state index in [1.165, 1.54) is 6.42 Å². The smallest absolute Gasteiger partial charge is 0.227 e. The van der Waals surface area contributed by atoms with E-state index in [0.717, 1.165) is 25.7 Å². The second kappa shape index (κ2) is 8.38. The number of hydrogen-bond donors (Lipinski definition) is 2. The van der Waals surface area contributed by atoms with Crippen molar-refractivity contribution >= 4 is 23.3 Å². The zero-order valence-electron chi connectivity index (χ0n) is 17.6. The molecule has 1 aliphatic heterocycles. The Hall–Kier alpha value is -2.41. The van der Waals surface area contributed by atoms with Crippen molar-refractivity contribution in [3.8, 4) is 0 Å². The van der Waals surface area contributed by atoms with Crippen LogP contribution < -0.4 is 11.1 Å². The molecule has 2 amide bonds. The van der Waals surface area contributed by atoms with Crippen LogP contribution in [0.5, 0.6) is 0 Å². The molecule has 7 heteroatoms. The Labute approximate surface area is 177 Å². The van der Waals surface area contributed by atoms with Crippen LogP contribution in [-0.4, -0.2) is 54.8 Å². The quantitative estimate of drug-likeness (QED) is 0.568. The first kappa shape index (κ1) is 20.8. The maximum absolute atomic E-state index is 13.5. The van der Waals surface area contributed by atoms with Gasteiger partial charge in [0, 0.05) is 30.4 Å². The summed E-state index contributed by atoms with van der Waals surface area (Å²) in [6, 6.07) is 7.01. The van der Waals surface area contributed by atoms with Crippen molar-refractivity contribution in [2.24, 2.45) is 17.3 Å². The van der Waals surface area contributed by atoms with Gasteiger partial charge in [-0.3, -0.25) is 14.4 Å². The summed E-state index contributed by atoms with van der Waals surface area (Å²) in [5.41, 5.74) is 5.73. The van der Waals surface area contributed by atoms with E-state index in [1.807, 2.05) is 0 Å². The summed E-state index contributed by atoms with van der Waals surface area (Å²) in [4.78, 5) is 41.8. The third-order valence-electron chi connectivity index (χ3n) is 7.03. The largest absolute Gasteiger partial charge is 0.398 e. The Kier molecular flexibility index (Phi) is 5.82. The highest BCUT2D eigenvalue weighted by Gasteiger charge is 2.73. The number of Topliss-reactive ketones (excluding diaryl/α,β-unsaturated/α-hetero) is 1. The first-order valence-corrected chi connectivity index (χ1v) is 11.0. The number of carbonyl (C=O) groups excluding carboxylic acids is 3. The van der Waals surface area contributed by atoms with Crippen LogP contribution in [0.15, 0.2) is 24.3 Å². The molecular formula is C23H31N3O4. The lowest BCUT2D eigenvalue weighted by Gasteiger charge is -2.27. The molecule has 3 N–H and O–H groups in total. The van der Waals surface area contributed by atoms with Gasteiger partial charge in [0.1, 0.15) is 0 Å². The first-order chi connectivity index (χ1) is 14.4. The fourth-order valence-electron chi connectivity index (χ4n) is 5.13. The van der Waals surface area contributed by atoms with Crippen molar-refractivity contribution in [2.75, 3.05) is 32.0 Å². The van der Waals surface area contributed by atoms with Gasteiger partial charge in [-0.2, -0.15) is 0 Å². The van der Waals surface area contributed by atoms with E-state index < -0.39 is 17.3 Å². The molecule has 1 saturated heterocycles. The Balaban J connectivity index is 1.59. The molecule has 0 spiro atoms. The maximum Gasteiger partial charge on any atom is 0.227 e. The lowest BCUT2D eigenvalue weighted by Crippen LogP contribution is -2.43. The summed E-state index contributed by atoms with van der Waals surface area (Å²) in [6.45, 7) is 3.69. The lowest BCUT2D eigenvalue weighted by atomic mass is 9.91. The highest BCUT2D eigenvalue weighted by molar-refractivity contribution is 6.14. The van der Waals surface area contributed by atoms with Crippen LogP contribution in [0.1, 0.15) is 49.4 Å². The van der Waals surface area contributed by atoms with E-state index in [1.54, 1.807) is 36.1 Å². The Morgan fingerprint density at radius 3 is 2.40 bits per heavy atom. The molecule has 3 atom stereocenters. The van der Waals surface area contributed by atoms with Crippen molar-refractivity contribution in [1.82, 2.24) is 10.2 Å². The summed E-state index contributed by atoms with van der Waals surface area (Å²) in [7, 11) is 0. The number of morpholine rings is 1. The predicted octanol–water partition coefficient (Wildman–Crippen LogP) is 2.01. The summed E-state index contributed by atoms with van der Waals surface area (Å²) < 4.78 is 5.35. The van der Waals surface area contributed by atoms with E-state index in [-0.39, 0.29) is 23.6 Å². The number of nitrogens with two attached hydrogens (primary N) is 1. The summed E-state index contributed by atoms with van der Waals surface area (Å²) in [5, 5.41) is 3.13. The van der Waals surface area contributed by atoms with Gasteiger partial charge in [-0.25, -0.2) is 0 Å². The van der Waals surface area contributed by atoms with Gasteiger partial charge in [-0.1, -0.05) is 38.3 Å². The average molecular weight is 414 g/mol. The Morgan fingerprint density at radius 1 is 1.07 bits per heavy atom. The number of benzene rings is 1. The number of nitrogens with zero attached hydrogens (tertiary/aromatic N) is 1. The molecule has 1 aromatic carbocycles. The van der Waals surface area contributed by atoms with Crippen LogP contribution in [0.3, 0.4) is 0 Å². The fraction of sp³-hybridized carbons (Fsp3) is 0.609. The van der Waals surface area contributed by atoms with E-state index in [2.05, 4.69) is 5.32 Å². The Morgan fingerprint density at radius 2 is 1.73 bits per heavy atom. The molecule has 3 fully saturated rings. The number of nitrogen functional groups attached to an aromatic ring is 1. The number of para-hydroxylation sites is 1. The normalized spacial score (nSPS) is 29.3. The van der Waals surface area contributed by atoms with Crippen molar-refractivity contribution < 1.29 is 19.1 Å². The van der Waals surface area contributed by atoms with Crippen molar-refractivity contribution in [2.45, 2.75) is 45.1 Å². The minimum Gasteiger partial charge on any atom is -0.398 e. The molecule has 2 saturated carbocycles. The van der Waals surface area contributed by atoms with Gasteiger partial charge in [-0.05, 0) is 25.0 Å². The topological polar surface area (TPSA) is 102 Å². The van der Waals surface area contributed by atoms with Crippen molar-refractivity contribution in [3.05, 3.63) is 29.8 Å². The van der Waals surface area contributed by atoms with E-state index >= 15 is 0 Å². The van der Waals surface area contributed by atoms with Crippen LogP contribution in [0.25, 0.3) is 0 Å². The Bertz CT molecular complexity index is 829. The summed E-state index contributed by atoms with van der Waals surface area (Å²) >= 11 is 0. The molecular weight excluding hydrogens is 382 g/mol. The first-order valence-electron chi connectivity index (χ1n) is 11.0. The average Bonchev–Trinajstić information content (AvgIpc) is 3.41. The van der Waals surface area contributed by atoms with Crippen LogP contribution in [0.2, 0.25) is 0 Å². The molecule has 0 radical (unpaired) electrons. The number of carbonyl (C=O) groups is 3. The van der Waals surface area contributed by atoms with Gasteiger partial charge < -0.3 is 20.7 Å². The zero-order chi connectivity index (χ0) is 21.3. The van der Waals surface area contributed by atoms with Crippen molar-refractivity contribution in [1.29, 1.82) is 0 Å². The minimum absolute atomic E-state index is 0.132. The number of rotatable bonds is 5. The summed E-state index contributed by atoms with van der Waals surface area (Å²) in [6.07, 6.45) is 5.30. The molecule has 1 heterocycles. The van der Waals surface area contributed by atoms with Crippen molar-refractivity contribution in [3.63, 3.8) is 0 Å². The lowest BCUT2D eigenvalue weighted by molar-refractivity contribution is -0.138. The molecule has 1 aromatic rings. The second-order valence-electron chi connectivity index (χ2n) is 8.94. The van der Waals surface area contributed by atoms with Gasteiger partial charge in [0.15, 0.2) is 5.78 Å². The van der Waals surface area contributed by atoms with Gasteiger partial charge in [0.2, 0.25) is 11.8 Å². The number of amides is 2. The van der Waals surface area contributed by atoms with Crippen LogP contribution in [0.4, 0.5) is 5.69 Å². The number of hydrogen-bond acceptors (Lipinski definition) is 5. The third kappa shape index (κ3) is 3.71. The molecule has 7 nitrogen and oxygen atoms in total. The number of ether oxygens (including phenoxy) is 1. The zero-order valence-corrected chi connectivity index (χ0v) is 17.6. The highest BCUT2D eigenvalue weighted by atomic mass is 16.5. The van der Waals surface area contributed by atoms with Crippen LogP contribution in [0, 0.1) is 17.3 Å². The molecule has 3 aliphatic rings. The number of nitrogens with one attached hydrogen (secondary N) is 1. The highest BCUT2D eigenvalue weighted by Crippen LogP contribution is 2.61. The number of ketones is 1. The van der Waals surface area contributed by atoms with Crippen LogP contribution >= 0.6 is 0 Å². The molecule has 4 rings (SSSR count). The van der Waals surface area contributed by atoms with E-state index in [0.29, 0.717) is 37.6 Å². The predicted molar refractivity (Wildman–Crippen MR) is 113 cm³/mol. The van der Waals surface area contributed by atoms with Gasteiger partial charge >= 0.3 is 0 Å². The van der Waals surface area contributed by atoms with Gasteiger partial charge in [0.25, 0.3) is 0 Å². The molecule has 0 bridgehead atoms. The van der Waals surface area contributed by atoms with Gasteiger partial charge in [0.05, 0.1) is 30.5 Å². The molecule has 0 aromatic heterocycles. The third-order valence-corrected chi connectivity index (χ3v) is 7.03. The standard InChI is InChI=1S/C23H31N3O4/c1-23(20(27)16-9-5-6-10-17(16)24)18(21(28)25-15-7-3-2-4-8-15)19(23)22(29)26-11-13-30-14-12-26/h5-6,9-10,15,18-19H,2-4,7-8,11-14,24H2,1H3,(H,25,28)/t18-,19+,23+/m1/s1. The van der Waals surface area contributed by atoms with Gasteiger partial charge in [-0.15, -0.1) is 0 Å². The SMILES string of the molecule is C[C@@]1(C(=O)c2ccccc2N)[C@H](C(=O)N2CCOCC2)[C@@H]1C(=O)NC1CCCCC1. The van der Waals surface area contributed by atoms with Crippen LogP contribution in [-0.2, 0) is 14.3 Å². The molecule has 162 valence electrons. The molecule has 2 aliphatic carbocycles. The van der Waals surface area contributed by atoms with E-state index in [9.17, 15) is 14.4 Å². The fourth-order valence-corrected chi connectivity index (χ4v) is 5.13. The second-order valence-corrected chi connectivity index (χ2v) is 8.94. The van der Waals surface area contributed by atoms with E-state index in [4.69, 9.17) is 10.5 Å². The monoisotopic (exact) mass is 413 g/mol. The minimum atomic E-state index is -1.08. The summed E-state index contributed by atoms with van der Waals surface area (Å²) in [5.74, 6) is -1.87. The molecule has 30 heavy (non-hydrogen) atoms. The molecule has 0 unspecified atom stereocenters.